The molecular formula is C20H27N3O3. The largest absolute Gasteiger partial charge is 0.444 e. The first kappa shape index (κ1) is 19.6. The molecule has 0 unspecified atom stereocenters. The number of carbonyl (C=O) groups excluding carboxylic acids is 1. The zero-order valence-electron chi connectivity index (χ0n) is 15.6. The summed E-state index contributed by atoms with van der Waals surface area (Å²) in [5.41, 5.74) is 8.27. The van der Waals surface area contributed by atoms with Crippen molar-refractivity contribution in [2.75, 3.05) is 13.1 Å². The topological polar surface area (TPSA) is 77.2 Å². The van der Waals surface area contributed by atoms with Gasteiger partial charge in [0.15, 0.2) is 0 Å². The van der Waals surface area contributed by atoms with Crippen molar-refractivity contribution in [3.63, 3.8) is 0 Å². The molecule has 0 saturated carbocycles. The normalized spacial score (nSPS) is 15.7. The molecule has 6 heteroatoms. The molecule has 1 aromatic rings. The summed E-state index contributed by atoms with van der Waals surface area (Å²) in [7, 11) is 0. The zero-order valence-corrected chi connectivity index (χ0v) is 15.6. The summed E-state index contributed by atoms with van der Waals surface area (Å²) >= 11 is 0. The van der Waals surface area contributed by atoms with E-state index in [-0.39, 0.29) is 6.09 Å². The van der Waals surface area contributed by atoms with Crippen LogP contribution in [-0.2, 0) is 16.2 Å². The van der Waals surface area contributed by atoms with Crippen LogP contribution in [0.2, 0.25) is 0 Å². The Hall–Kier alpha value is -2.76. The minimum Gasteiger partial charge on any atom is -0.444 e. The van der Waals surface area contributed by atoms with Crippen molar-refractivity contribution in [1.82, 2.24) is 4.90 Å². The highest BCUT2D eigenvalue weighted by Crippen LogP contribution is 2.18. The molecule has 26 heavy (non-hydrogen) atoms. The number of benzene rings is 1. The highest BCUT2D eigenvalue weighted by Gasteiger charge is 2.23. The van der Waals surface area contributed by atoms with Crippen LogP contribution in [0, 0.1) is 0 Å². The highest BCUT2D eigenvalue weighted by molar-refractivity contribution is 5.73. The van der Waals surface area contributed by atoms with Gasteiger partial charge in [-0.1, -0.05) is 41.6 Å². The third kappa shape index (κ3) is 6.63. The summed E-state index contributed by atoms with van der Waals surface area (Å²) < 4.78 is 5.38. The number of oxime groups is 1. The SMILES string of the molecule is CC(C)(C)OC(=O)N1CC=C(/C(N)=C/C=N/OCc2ccccc2)CC1. The summed E-state index contributed by atoms with van der Waals surface area (Å²) in [6, 6.07) is 9.82. The van der Waals surface area contributed by atoms with E-state index >= 15 is 0 Å². The fourth-order valence-corrected chi connectivity index (χ4v) is 2.37. The third-order valence-corrected chi connectivity index (χ3v) is 3.70. The first-order valence-corrected chi connectivity index (χ1v) is 8.67. The van der Waals surface area contributed by atoms with Crippen LogP contribution in [0.25, 0.3) is 0 Å². The van der Waals surface area contributed by atoms with Crippen molar-refractivity contribution in [2.45, 2.75) is 39.4 Å². The minimum absolute atomic E-state index is 0.300. The molecule has 1 aliphatic rings. The predicted octanol–water partition coefficient (Wildman–Crippen LogP) is 3.60. The molecule has 0 fully saturated rings. The van der Waals surface area contributed by atoms with Gasteiger partial charge in [0, 0.05) is 18.8 Å². The molecule has 0 bridgehead atoms. The Morgan fingerprint density at radius 2 is 2.04 bits per heavy atom. The number of hydrogen-bond donors (Lipinski definition) is 1. The molecule has 2 rings (SSSR count). The van der Waals surface area contributed by atoms with Crippen LogP contribution in [0.4, 0.5) is 4.79 Å². The van der Waals surface area contributed by atoms with Crippen LogP contribution in [0.1, 0.15) is 32.8 Å². The van der Waals surface area contributed by atoms with Crippen molar-refractivity contribution in [1.29, 1.82) is 0 Å². The summed E-state index contributed by atoms with van der Waals surface area (Å²) in [5, 5.41) is 3.89. The molecule has 1 aromatic carbocycles. The minimum atomic E-state index is -0.490. The Kier molecular flexibility index (Phi) is 6.83. The van der Waals surface area contributed by atoms with Crippen molar-refractivity contribution >= 4 is 12.3 Å². The van der Waals surface area contributed by atoms with E-state index in [0.717, 1.165) is 11.1 Å². The van der Waals surface area contributed by atoms with Gasteiger partial charge in [-0.05, 0) is 44.4 Å². The average molecular weight is 357 g/mol. The number of rotatable bonds is 5. The molecule has 1 amide bonds. The summed E-state index contributed by atoms with van der Waals surface area (Å²) in [6.45, 7) is 7.05. The van der Waals surface area contributed by atoms with E-state index < -0.39 is 5.60 Å². The lowest BCUT2D eigenvalue weighted by molar-refractivity contribution is 0.0266. The van der Waals surface area contributed by atoms with Crippen LogP contribution in [0.5, 0.6) is 0 Å². The second-order valence-electron chi connectivity index (χ2n) is 7.04. The van der Waals surface area contributed by atoms with Gasteiger partial charge in [-0.15, -0.1) is 0 Å². The zero-order chi connectivity index (χ0) is 19.0. The van der Waals surface area contributed by atoms with Gasteiger partial charge in [0.1, 0.15) is 12.2 Å². The Labute approximate surface area is 154 Å². The summed E-state index contributed by atoms with van der Waals surface area (Å²) in [5.74, 6) is 0. The van der Waals surface area contributed by atoms with Gasteiger partial charge in [0.2, 0.25) is 0 Å². The van der Waals surface area contributed by atoms with Gasteiger partial charge >= 0.3 is 6.09 Å². The van der Waals surface area contributed by atoms with E-state index in [1.165, 1.54) is 0 Å². The lowest BCUT2D eigenvalue weighted by Crippen LogP contribution is -2.39. The van der Waals surface area contributed by atoms with E-state index in [1.807, 2.05) is 57.2 Å². The maximum absolute atomic E-state index is 12.0. The number of nitrogens with two attached hydrogens (primary N) is 1. The first-order valence-electron chi connectivity index (χ1n) is 8.67. The average Bonchev–Trinajstić information content (AvgIpc) is 2.61. The number of amides is 1. The predicted molar refractivity (Wildman–Crippen MR) is 103 cm³/mol. The molecule has 0 aromatic heterocycles. The number of allylic oxidation sites excluding steroid dienone is 2. The van der Waals surface area contributed by atoms with Gasteiger partial charge in [-0.25, -0.2) is 4.79 Å². The monoisotopic (exact) mass is 357 g/mol. The second-order valence-corrected chi connectivity index (χ2v) is 7.04. The molecule has 0 radical (unpaired) electrons. The fourth-order valence-electron chi connectivity index (χ4n) is 2.37. The van der Waals surface area contributed by atoms with Crippen LogP contribution in [0.3, 0.4) is 0 Å². The molecule has 0 spiro atoms. The van der Waals surface area contributed by atoms with Crippen molar-refractivity contribution in [2.24, 2.45) is 10.9 Å². The van der Waals surface area contributed by atoms with Gasteiger partial charge < -0.3 is 20.2 Å². The molecule has 6 nitrogen and oxygen atoms in total. The molecule has 1 aliphatic heterocycles. The van der Waals surface area contributed by atoms with Gasteiger partial charge in [0.25, 0.3) is 0 Å². The van der Waals surface area contributed by atoms with E-state index in [1.54, 1.807) is 17.2 Å². The third-order valence-electron chi connectivity index (χ3n) is 3.70. The lowest BCUT2D eigenvalue weighted by Gasteiger charge is -2.29. The van der Waals surface area contributed by atoms with E-state index in [9.17, 15) is 4.79 Å². The van der Waals surface area contributed by atoms with Gasteiger partial charge in [-0.3, -0.25) is 0 Å². The molecule has 140 valence electrons. The Morgan fingerprint density at radius 3 is 2.65 bits per heavy atom. The van der Waals surface area contributed by atoms with Crippen molar-refractivity contribution in [3.05, 3.63) is 59.3 Å². The maximum Gasteiger partial charge on any atom is 0.410 e. The number of nitrogens with zero attached hydrogens (tertiary/aromatic N) is 2. The molecule has 0 saturated heterocycles. The molecular weight excluding hydrogens is 330 g/mol. The van der Waals surface area contributed by atoms with Crippen LogP contribution in [0.15, 0.2) is 58.9 Å². The number of ether oxygens (including phenoxy) is 1. The smallest absolute Gasteiger partial charge is 0.410 e. The first-order chi connectivity index (χ1) is 12.3. The van der Waals surface area contributed by atoms with Crippen molar-refractivity contribution in [3.8, 4) is 0 Å². The standard InChI is InChI=1S/C20H27N3O3/c1-20(2,3)26-19(24)23-13-10-17(11-14-23)18(21)9-12-22-25-15-16-7-5-4-6-8-16/h4-10,12H,11,13-15,21H2,1-3H3/b18-9-,22-12+. The quantitative estimate of drug-likeness (QED) is 0.645. The maximum atomic E-state index is 12.0. The molecule has 2 N–H and O–H groups in total. The molecule has 1 heterocycles. The van der Waals surface area contributed by atoms with E-state index in [2.05, 4.69) is 5.16 Å². The Bertz CT molecular complexity index is 688. The summed E-state index contributed by atoms with van der Waals surface area (Å²) in [6.07, 6.45) is 5.57. The van der Waals surface area contributed by atoms with Crippen molar-refractivity contribution < 1.29 is 14.4 Å². The van der Waals surface area contributed by atoms with Gasteiger partial charge in [-0.2, -0.15) is 0 Å². The lowest BCUT2D eigenvalue weighted by atomic mass is 10.1. The van der Waals surface area contributed by atoms with E-state index in [4.69, 9.17) is 15.3 Å². The molecule has 0 atom stereocenters. The van der Waals surface area contributed by atoms with Crippen LogP contribution >= 0.6 is 0 Å². The fraction of sp³-hybridized carbons (Fsp3) is 0.400. The van der Waals surface area contributed by atoms with Gasteiger partial charge in [0.05, 0.1) is 6.21 Å². The Balaban J connectivity index is 1.80. The van der Waals surface area contributed by atoms with E-state index in [0.29, 0.717) is 31.8 Å². The number of hydrogen-bond acceptors (Lipinski definition) is 5. The van der Waals surface area contributed by atoms with Crippen LogP contribution in [-0.4, -0.2) is 35.9 Å². The second kappa shape index (κ2) is 9.08. The Morgan fingerprint density at radius 1 is 1.31 bits per heavy atom. The van der Waals surface area contributed by atoms with Crippen LogP contribution < -0.4 is 5.73 Å². The summed E-state index contributed by atoms with van der Waals surface area (Å²) in [4.78, 5) is 18.9. The molecule has 0 aliphatic carbocycles. The highest BCUT2D eigenvalue weighted by atomic mass is 16.6. The number of carbonyl (C=O) groups is 1.